The number of nitrogens with one attached hydrogen (secondary N) is 1. The highest BCUT2D eigenvalue weighted by molar-refractivity contribution is 6.33. The summed E-state index contributed by atoms with van der Waals surface area (Å²) in [5.74, 6) is 1.41. The Morgan fingerprint density at radius 1 is 1.17 bits per heavy atom. The van der Waals surface area contributed by atoms with E-state index in [0.29, 0.717) is 17.3 Å². The number of benzene rings is 1. The van der Waals surface area contributed by atoms with Crippen molar-refractivity contribution in [2.24, 2.45) is 0 Å². The summed E-state index contributed by atoms with van der Waals surface area (Å²) in [7, 11) is 0. The molecule has 0 saturated carbocycles. The molecule has 0 atom stereocenters. The van der Waals surface area contributed by atoms with E-state index >= 15 is 0 Å². The number of halogens is 1. The Morgan fingerprint density at radius 3 is 2.67 bits per heavy atom. The topological polar surface area (TPSA) is 43.4 Å². The Kier molecular flexibility index (Phi) is 2.94. The van der Waals surface area contributed by atoms with Gasteiger partial charge in [0.15, 0.2) is 11.5 Å². The van der Waals surface area contributed by atoms with Crippen LogP contribution in [0.25, 0.3) is 0 Å². The van der Waals surface area contributed by atoms with E-state index in [1.165, 1.54) is 0 Å². The summed E-state index contributed by atoms with van der Waals surface area (Å²) in [6, 6.07) is 7.52. The van der Waals surface area contributed by atoms with Crippen molar-refractivity contribution in [1.29, 1.82) is 0 Å². The largest absolute Gasteiger partial charge is 0.454 e. The molecule has 0 radical (unpaired) electrons. The zero-order valence-corrected chi connectivity index (χ0v) is 10.3. The summed E-state index contributed by atoms with van der Waals surface area (Å²) in [6.45, 7) is 0.932. The molecule has 1 aliphatic heterocycles. The lowest BCUT2D eigenvalue weighted by molar-refractivity contribution is 0.174. The van der Waals surface area contributed by atoms with E-state index in [4.69, 9.17) is 21.1 Å². The molecule has 2 heterocycles. The molecule has 0 fully saturated rings. The number of fused-ring (bicyclic) bond motifs is 1. The second-order valence-corrected chi connectivity index (χ2v) is 4.30. The minimum Gasteiger partial charge on any atom is -0.454 e. The molecule has 2 aromatic rings. The van der Waals surface area contributed by atoms with Gasteiger partial charge in [-0.1, -0.05) is 11.6 Å². The molecule has 0 saturated heterocycles. The van der Waals surface area contributed by atoms with Gasteiger partial charge in [-0.2, -0.15) is 0 Å². The zero-order chi connectivity index (χ0) is 12.4. The van der Waals surface area contributed by atoms with Crippen LogP contribution in [0.3, 0.4) is 0 Å². The van der Waals surface area contributed by atoms with E-state index in [9.17, 15) is 0 Å². The smallest absolute Gasteiger partial charge is 0.231 e. The van der Waals surface area contributed by atoms with Crippen LogP contribution in [0, 0.1) is 0 Å². The van der Waals surface area contributed by atoms with Crippen LogP contribution in [-0.2, 0) is 6.54 Å². The fourth-order valence-electron chi connectivity index (χ4n) is 1.75. The van der Waals surface area contributed by atoms with Crippen molar-refractivity contribution in [3.05, 3.63) is 47.2 Å². The summed E-state index contributed by atoms with van der Waals surface area (Å²) < 4.78 is 10.6. The summed E-state index contributed by atoms with van der Waals surface area (Å²) in [5.41, 5.74) is 1.97. The summed E-state index contributed by atoms with van der Waals surface area (Å²) in [6.07, 6.45) is 3.52. The molecule has 0 unspecified atom stereocenters. The van der Waals surface area contributed by atoms with Crippen molar-refractivity contribution in [3.63, 3.8) is 0 Å². The summed E-state index contributed by atoms with van der Waals surface area (Å²) in [4.78, 5) is 3.97. The highest BCUT2D eigenvalue weighted by Gasteiger charge is 2.16. The van der Waals surface area contributed by atoms with Gasteiger partial charge in [0.1, 0.15) is 0 Å². The first-order valence-corrected chi connectivity index (χ1v) is 5.92. The Bertz CT molecular complexity index is 560. The summed E-state index contributed by atoms with van der Waals surface area (Å²) in [5, 5.41) is 3.88. The molecule has 1 aromatic carbocycles. The van der Waals surface area contributed by atoms with Gasteiger partial charge >= 0.3 is 0 Å². The molecule has 1 aliphatic rings. The van der Waals surface area contributed by atoms with Crippen LogP contribution in [0.5, 0.6) is 11.5 Å². The molecule has 3 rings (SSSR count). The van der Waals surface area contributed by atoms with Crippen molar-refractivity contribution in [1.82, 2.24) is 4.98 Å². The number of ether oxygens (including phenoxy) is 2. The third-order valence-electron chi connectivity index (χ3n) is 2.69. The fraction of sp³-hybridized carbons (Fsp3) is 0.154. The number of rotatable bonds is 3. The first-order valence-electron chi connectivity index (χ1n) is 5.55. The Balaban J connectivity index is 1.77. The Hall–Kier alpha value is -1.94. The second kappa shape index (κ2) is 4.74. The maximum atomic E-state index is 6.16. The average Bonchev–Trinajstić information content (AvgIpc) is 2.84. The van der Waals surface area contributed by atoms with Crippen molar-refractivity contribution >= 4 is 17.3 Å². The average molecular weight is 263 g/mol. The number of anilines is 1. The third-order valence-corrected chi connectivity index (χ3v) is 3.01. The van der Waals surface area contributed by atoms with Gasteiger partial charge in [0.2, 0.25) is 6.79 Å². The predicted octanol–water partition coefficient (Wildman–Crippen LogP) is 3.08. The lowest BCUT2D eigenvalue weighted by Crippen LogP contribution is -2.00. The highest BCUT2D eigenvalue weighted by atomic mass is 35.5. The minimum absolute atomic E-state index is 0.249. The van der Waals surface area contributed by atoms with E-state index in [1.807, 2.05) is 18.2 Å². The molecule has 1 N–H and O–H groups in total. The van der Waals surface area contributed by atoms with E-state index in [2.05, 4.69) is 10.3 Å². The maximum absolute atomic E-state index is 6.16. The summed E-state index contributed by atoms with van der Waals surface area (Å²) >= 11 is 6.16. The SMILES string of the molecule is Clc1cc2c(cc1NCc1ccncc1)OCO2. The van der Waals surface area contributed by atoms with E-state index in [-0.39, 0.29) is 6.79 Å². The first kappa shape index (κ1) is 11.2. The molecule has 1 aromatic heterocycles. The van der Waals surface area contributed by atoms with Gasteiger partial charge in [0.05, 0.1) is 10.7 Å². The van der Waals surface area contributed by atoms with Crippen LogP contribution < -0.4 is 14.8 Å². The zero-order valence-electron chi connectivity index (χ0n) is 9.52. The van der Waals surface area contributed by atoms with Gasteiger partial charge in [-0.25, -0.2) is 0 Å². The molecular weight excluding hydrogens is 252 g/mol. The van der Waals surface area contributed by atoms with Crippen molar-refractivity contribution in [2.45, 2.75) is 6.54 Å². The number of pyridine rings is 1. The van der Waals surface area contributed by atoms with Gasteiger partial charge < -0.3 is 14.8 Å². The molecule has 0 bridgehead atoms. The maximum Gasteiger partial charge on any atom is 0.231 e. The van der Waals surface area contributed by atoms with Crippen LogP contribution in [-0.4, -0.2) is 11.8 Å². The molecule has 92 valence electrons. The molecule has 4 nitrogen and oxygen atoms in total. The highest BCUT2D eigenvalue weighted by Crippen LogP contribution is 2.39. The molecular formula is C13H11ClN2O2. The minimum atomic E-state index is 0.249. The number of hydrogen-bond acceptors (Lipinski definition) is 4. The van der Waals surface area contributed by atoms with Crippen LogP contribution in [0.4, 0.5) is 5.69 Å². The molecule has 0 amide bonds. The number of aromatic nitrogens is 1. The predicted molar refractivity (Wildman–Crippen MR) is 69.1 cm³/mol. The van der Waals surface area contributed by atoms with Crippen molar-refractivity contribution < 1.29 is 9.47 Å². The van der Waals surface area contributed by atoms with Crippen LogP contribution in [0.15, 0.2) is 36.7 Å². The normalized spacial score (nSPS) is 12.5. The van der Waals surface area contributed by atoms with Crippen LogP contribution in [0.2, 0.25) is 5.02 Å². The van der Waals surface area contributed by atoms with Gasteiger partial charge in [-0.15, -0.1) is 0 Å². The number of nitrogens with zero attached hydrogens (tertiary/aromatic N) is 1. The molecule has 0 spiro atoms. The molecule has 5 heteroatoms. The third kappa shape index (κ3) is 2.19. The van der Waals surface area contributed by atoms with Crippen LogP contribution in [0.1, 0.15) is 5.56 Å². The van der Waals surface area contributed by atoms with E-state index < -0.39 is 0 Å². The molecule has 18 heavy (non-hydrogen) atoms. The Labute approximate surface area is 110 Å². The Morgan fingerprint density at radius 2 is 1.89 bits per heavy atom. The second-order valence-electron chi connectivity index (χ2n) is 3.89. The van der Waals surface area contributed by atoms with Crippen LogP contribution >= 0.6 is 11.6 Å². The van der Waals surface area contributed by atoms with Crippen molar-refractivity contribution in [2.75, 3.05) is 12.1 Å². The van der Waals surface area contributed by atoms with Gasteiger partial charge in [0, 0.05) is 31.1 Å². The van der Waals surface area contributed by atoms with E-state index in [0.717, 1.165) is 17.0 Å². The number of hydrogen-bond donors (Lipinski definition) is 1. The lowest BCUT2D eigenvalue weighted by Gasteiger charge is -2.09. The fourth-order valence-corrected chi connectivity index (χ4v) is 1.97. The van der Waals surface area contributed by atoms with Gasteiger partial charge in [-0.3, -0.25) is 4.98 Å². The van der Waals surface area contributed by atoms with Gasteiger partial charge in [-0.05, 0) is 17.7 Å². The van der Waals surface area contributed by atoms with Crippen molar-refractivity contribution in [3.8, 4) is 11.5 Å². The monoisotopic (exact) mass is 262 g/mol. The lowest BCUT2D eigenvalue weighted by atomic mass is 10.2. The van der Waals surface area contributed by atoms with E-state index in [1.54, 1.807) is 18.5 Å². The quantitative estimate of drug-likeness (QED) is 0.923. The van der Waals surface area contributed by atoms with Gasteiger partial charge in [0.25, 0.3) is 0 Å². The first-order chi connectivity index (χ1) is 8.83. The standard InChI is InChI=1S/C13H11ClN2O2/c14-10-5-12-13(18-8-17-12)6-11(10)16-7-9-1-3-15-4-2-9/h1-6,16H,7-8H2. The molecule has 0 aliphatic carbocycles.